The lowest BCUT2D eigenvalue weighted by Gasteiger charge is -2.05. The summed E-state index contributed by atoms with van der Waals surface area (Å²) in [5.41, 5.74) is 14.6. The molecule has 14 heavy (non-hydrogen) atoms. The topological polar surface area (TPSA) is 57.0 Å². The maximum atomic E-state index is 5.73. The van der Waals surface area contributed by atoms with Crippen molar-refractivity contribution in [2.75, 3.05) is 5.73 Å². The van der Waals surface area contributed by atoms with Crippen LogP contribution in [0.2, 0.25) is 0 Å². The second-order valence-corrected chi connectivity index (χ2v) is 3.40. The average Bonchev–Trinajstić information content (AvgIpc) is 2.54. The van der Waals surface area contributed by atoms with Gasteiger partial charge in [-0.2, -0.15) is 0 Å². The van der Waals surface area contributed by atoms with Gasteiger partial charge in [0.05, 0.1) is 0 Å². The Hall–Kier alpha value is -1.48. The molecule has 1 aromatic heterocycles. The van der Waals surface area contributed by atoms with Crippen molar-refractivity contribution in [1.82, 2.24) is 4.57 Å². The first-order chi connectivity index (χ1) is 6.76. The molecular formula is C11H15N3. The Bertz CT molecular complexity index is 457. The van der Waals surface area contributed by atoms with E-state index < -0.39 is 0 Å². The van der Waals surface area contributed by atoms with E-state index in [4.69, 9.17) is 11.5 Å². The zero-order chi connectivity index (χ0) is 10.1. The molecule has 0 fully saturated rings. The molecule has 2 aromatic rings. The molecule has 4 N–H and O–H groups in total. The van der Waals surface area contributed by atoms with Gasteiger partial charge in [0.25, 0.3) is 0 Å². The minimum atomic E-state index is 0.572. The Morgan fingerprint density at radius 2 is 2.07 bits per heavy atom. The van der Waals surface area contributed by atoms with Crippen LogP contribution in [-0.2, 0) is 13.1 Å². The van der Waals surface area contributed by atoms with Crippen LogP contribution in [0.4, 0.5) is 5.69 Å². The van der Waals surface area contributed by atoms with Crippen LogP contribution in [0.25, 0.3) is 10.9 Å². The molecule has 0 atom stereocenters. The number of nitrogen functional groups attached to an aromatic ring is 1. The molecule has 0 unspecified atom stereocenters. The molecule has 0 aliphatic heterocycles. The fraction of sp³-hybridized carbons (Fsp3) is 0.273. The van der Waals surface area contributed by atoms with Crippen LogP contribution in [0.1, 0.15) is 12.6 Å². The van der Waals surface area contributed by atoms with Crippen molar-refractivity contribution in [2.24, 2.45) is 5.73 Å². The van der Waals surface area contributed by atoms with E-state index >= 15 is 0 Å². The van der Waals surface area contributed by atoms with Crippen LogP contribution in [0, 0.1) is 0 Å². The quantitative estimate of drug-likeness (QED) is 0.706. The number of benzene rings is 1. The van der Waals surface area contributed by atoms with Gasteiger partial charge in [-0.05, 0) is 31.2 Å². The van der Waals surface area contributed by atoms with Gasteiger partial charge >= 0.3 is 0 Å². The fourth-order valence-corrected chi connectivity index (χ4v) is 1.89. The molecule has 0 aliphatic rings. The highest BCUT2D eigenvalue weighted by molar-refractivity contribution is 5.84. The molecule has 0 saturated carbocycles. The molecule has 1 aromatic carbocycles. The molecule has 74 valence electrons. The molecule has 2 rings (SSSR count). The van der Waals surface area contributed by atoms with E-state index in [0.29, 0.717) is 6.54 Å². The van der Waals surface area contributed by atoms with Crippen LogP contribution in [-0.4, -0.2) is 4.57 Å². The van der Waals surface area contributed by atoms with E-state index in [0.717, 1.165) is 17.9 Å². The summed E-state index contributed by atoms with van der Waals surface area (Å²) in [6, 6.07) is 8.07. The number of nitrogens with zero attached hydrogens (tertiary/aromatic N) is 1. The molecule has 3 nitrogen and oxygen atoms in total. The summed E-state index contributed by atoms with van der Waals surface area (Å²) in [4.78, 5) is 0. The summed E-state index contributed by atoms with van der Waals surface area (Å²) in [5, 5.41) is 1.17. The summed E-state index contributed by atoms with van der Waals surface area (Å²) < 4.78 is 2.22. The van der Waals surface area contributed by atoms with Gasteiger partial charge in [0.2, 0.25) is 0 Å². The van der Waals surface area contributed by atoms with Crippen LogP contribution >= 0.6 is 0 Å². The van der Waals surface area contributed by atoms with E-state index in [-0.39, 0.29) is 0 Å². The van der Waals surface area contributed by atoms with Gasteiger partial charge in [-0.25, -0.2) is 0 Å². The minimum absolute atomic E-state index is 0.572. The molecule has 0 spiro atoms. The van der Waals surface area contributed by atoms with Crippen molar-refractivity contribution < 1.29 is 0 Å². The Labute approximate surface area is 83.3 Å². The lowest BCUT2D eigenvalue weighted by atomic mass is 10.2. The SMILES string of the molecule is CCn1c(CN)cc2cc(N)ccc21. The number of hydrogen-bond donors (Lipinski definition) is 2. The van der Waals surface area contributed by atoms with E-state index in [1.165, 1.54) is 10.9 Å². The number of fused-ring (bicyclic) bond motifs is 1. The third-order valence-electron chi connectivity index (χ3n) is 2.54. The third kappa shape index (κ3) is 1.26. The van der Waals surface area contributed by atoms with Crippen LogP contribution < -0.4 is 11.5 Å². The smallest absolute Gasteiger partial charge is 0.0484 e. The van der Waals surface area contributed by atoms with Gasteiger partial charge in [0.15, 0.2) is 0 Å². The van der Waals surface area contributed by atoms with E-state index in [2.05, 4.69) is 17.6 Å². The molecule has 3 heteroatoms. The van der Waals surface area contributed by atoms with Crippen LogP contribution in [0.5, 0.6) is 0 Å². The van der Waals surface area contributed by atoms with Crippen molar-refractivity contribution in [3.63, 3.8) is 0 Å². The molecule has 1 heterocycles. The second kappa shape index (κ2) is 3.35. The largest absolute Gasteiger partial charge is 0.399 e. The van der Waals surface area contributed by atoms with Gasteiger partial charge in [-0.3, -0.25) is 0 Å². The van der Waals surface area contributed by atoms with Crippen molar-refractivity contribution in [3.8, 4) is 0 Å². The molecule has 0 bridgehead atoms. The summed E-state index contributed by atoms with van der Waals surface area (Å²) in [5.74, 6) is 0. The summed E-state index contributed by atoms with van der Waals surface area (Å²) in [7, 11) is 0. The second-order valence-electron chi connectivity index (χ2n) is 3.40. The predicted octanol–water partition coefficient (Wildman–Crippen LogP) is 1.70. The number of hydrogen-bond acceptors (Lipinski definition) is 2. The first-order valence-corrected chi connectivity index (χ1v) is 4.84. The highest BCUT2D eigenvalue weighted by Crippen LogP contribution is 2.21. The lowest BCUT2D eigenvalue weighted by Crippen LogP contribution is -2.05. The highest BCUT2D eigenvalue weighted by Gasteiger charge is 2.05. The summed E-state index contributed by atoms with van der Waals surface area (Å²) in [6.07, 6.45) is 0. The van der Waals surface area contributed by atoms with Gasteiger partial charge < -0.3 is 16.0 Å². The lowest BCUT2D eigenvalue weighted by molar-refractivity contribution is 0.739. The van der Waals surface area contributed by atoms with E-state index in [1.807, 2.05) is 18.2 Å². The maximum Gasteiger partial charge on any atom is 0.0484 e. The van der Waals surface area contributed by atoms with Crippen molar-refractivity contribution in [3.05, 3.63) is 30.0 Å². The van der Waals surface area contributed by atoms with Crippen molar-refractivity contribution >= 4 is 16.6 Å². The Balaban J connectivity index is 2.73. The Morgan fingerprint density at radius 1 is 1.29 bits per heavy atom. The van der Waals surface area contributed by atoms with E-state index in [1.54, 1.807) is 0 Å². The van der Waals surface area contributed by atoms with E-state index in [9.17, 15) is 0 Å². The summed E-state index contributed by atoms with van der Waals surface area (Å²) in [6.45, 7) is 3.64. The third-order valence-corrected chi connectivity index (χ3v) is 2.54. The van der Waals surface area contributed by atoms with Crippen LogP contribution in [0.15, 0.2) is 24.3 Å². The fourth-order valence-electron chi connectivity index (χ4n) is 1.89. The number of nitrogens with two attached hydrogens (primary N) is 2. The Morgan fingerprint density at radius 3 is 2.71 bits per heavy atom. The zero-order valence-corrected chi connectivity index (χ0v) is 8.33. The minimum Gasteiger partial charge on any atom is -0.399 e. The van der Waals surface area contributed by atoms with Gasteiger partial charge in [0, 0.05) is 35.4 Å². The number of aryl methyl sites for hydroxylation is 1. The first kappa shape index (κ1) is 9.09. The summed E-state index contributed by atoms with van der Waals surface area (Å²) >= 11 is 0. The van der Waals surface area contributed by atoms with Crippen LogP contribution in [0.3, 0.4) is 0 Å². The Kier molecular flexibility index (Phi) is 2.17. The average molecular weight is 189 g/mol. The number of anilines is 1. The number of rotatable bonds is 2. The first-order valence-electron chi connectivity index (χ1n) is 4.84. The predicted molar refractivity (Wildman–Crippen MR) is 59.9 cm³/mol. The van der Waals surface area contributed by atoms with Gasteiger partial charge in [-0.15, -0.1) is 0 Å². The molecule has 0 saturated heterocycles. The van der Waals surface area contributed by atoms with Gasteiger partial charge in [-0.1, -0.05) is 0 Å². The highest BCUT2D eigenvalue weighted by atomic mass is 15.0. The molecule has 0 radical (unpaired) electrons. The van der Waals surface area contributed by atoms with Crippen molar-refractivity contribution in [2.45, 2.75) is 20.0 Å². The zero-order valence-electron chi connectivity index (χ0n) is 8.33. The molecule has 0 aliphatic carbocycles. The maximum absolute atomic E-state index is 5.73. The van der Waals surface area contributed by atoms with Crippen molar-refractivity contribution in [1.29, 1.82) is 0 Å². The monoisotopic (exact) mass is 189 g/mol. The molecular weight excluding hydrogens is 174 g/mol. The standard InChI is InChI=1S/C11H15N3/c1-2-14-10(7-12)6-8-5-9(13)3-4-11(8)14/h3-6H,2,7,12-13H2,1H3. The number of aromatic nitrogens is 1. The van der Waals surface area contributed by atoms with Gasteiger partial charge in [0.1, 0.15) is 0 Å². The normalized spacial score (nSPS) is 11.0. The molecule has 0 amide bonds.